The summed E-state index contributed by atoms with van der Waals surface area (Å²) in [6.07, 6.45) is 0. The molecule has 0 amide bonds. The molecule has 28 heavy (non-hydrogen) atoms. The molecule has 0 radical (unpaired) electrons. The molecule has 0 atom stereocenters. The fraction of sp³-hybridized carbons (Fsp3) is 0.133. The van der Waals surface area contributed by atoms with Gasteiger partial charge in [0.15, 0.2) is 5.78 Å². The van der Waals surface area contributed by atoms with Crippen LogP contribution in [0.15, 0.2) is 40.1 Å². The van der Waals surface area contributed by atoms with E-state index in [1.54, 1.807) is 0 Å². The summed E-state index contributed by atoms with van der Waals surface area (Å²) in [5, 5.41) is 10.0. The fourth-order valence-electron chi connectivity index (χ4n) is 2.27. The molecule has 0 aliphatic rings. The molecule has 2 aromatic carbocycles. The van der Waals surface area contributed by atoms with Gasteiger partial charge in [0.25, 0.3) is 20.2 Å². The number of methoxy groups -OCH3 is 2. The zero-order chi connectivity index (χ0) is 20.6. The van der Waals surface area contributed by atoms with Crippen molar-refractivity contribution in [3.63, 3.8) is 0 Å². The molecule has 0 fully saturated rings. The number of benzene rings is 2. The van der Waals surface area contributed by atoms with Gasteiger partial charge in [0.2, 0.25) is 0 Å². The normalized spacial score (nSPS) is 11.4. The zero-order valence-corrected chi connectivity index (χ0v) is 15.5. The van der Waals surface area contributed by atoms with Crippen molar-refractivity contribution in [2.45, 2.75) is 9.79 Å². The Balaban J connectivity index is 0.00000392. The molecule has 0 saturated carbocycles. The number of ether oxygens (including phenoxy) is 2. The number of ketones is 1. The van der Waals surface area contributed by atoms with Crippen LogP contribution in [-0.2, 0) is 20.2 Å². The predicted molar refractivity (Wildman–Crippen MR) is 97.9 cm³/mol. The van der Waals surface area contributed by atoms with E-state index in [4.69, 9.17) is 9.47 Å². The summed E-state index contributed by atoms with van der Waals surface area (Å²) < 4.78 is 73.9. The zero-order valence-electron chi connectivity index (χ0n) is 13.9. The summed E-state index contributed by atoms with van der Waals surface area (Å²) in [7, 11) is -7.28. The maximum absolute atomic E-state index is 12.6. The molecule has 0 saturated heterocycles. The molecule has 0 aliphatic heterocycles. The number of hydrogen-bond acceptors (Lipinski definition) is 8. The molecule has 0 unspecified atom stereocenters. The molecule has 148 valence electrons. The summed E-state index contributed by atoms with van der Waals surface area (Å²) in [5.41, 5.74) is -0.847. The summed E-state index contributed by atoms with van der Waals surface area (Å²) in [6, 6.07) is 4.53. The summed E-state index contributed by atoms with van der Waals surface area (Å²) >= 11 is 0. The van der Waals surface area contributed by atoms with E-state index in [0.29, 0.717) is 6.07 Å². The van der Waals surface area contributed by atoms with E-state index in [2.05, 4.69) is 0 Å². The van der Waals surface area contributed by atoms with Gasteiger partial charge in [0, 0.05) is 11.6 Å². The first-order valence-electron chi connectivity index (χ1n) is 6.99. The van der Waals surface area contributed by atoms with Crippen LogP contribution in [0.1, 0.15) is 15.9 Å². The summed E-state index contributed by atoms with van der Waals surface area (Å²) in [4.78, 5) is 11.2. The van der Waals surface area contributed by atoms with E-state index in [1.807, 2.05) is 0 Å². The van der Waals surface area contributed by atoms with Gasteiger partial charge in [-0.1, -0.05) is 0 Å². The monoisotopic (exact) mass is 442 g/mol. The van der Waals surface area contributed by atoms with Crippen LogP contribution in [0, 0.1) is 0 Å². The van der Waals surface area contributed by atoms with Crippen LogP contribution in [0.3, 0.4) is 0 Å². The Morgan fingerprint density at radius 2 is 1.36 bits per heavy atom. The minimum absolute atomic E-state index is 0. The Morgan fingerprint density at radius 1 is 0.857 bits per heavy atom. The third-order valence-electron chi connectivity index (χ3n) is 3.51. The van der Waals surface area contributed by atoms with Crippen LogP contribution in [0.25, 0.3) is 0 Å². The van der Waals surface area contributed by atoms with E-state index >= 15 is 0 Å². The molecule has 0 spiro atoms. The van der Waals surface area contributed by atoms with Crippen molar-refractivity contribution >= 4 is 55.6 Å². The van der Waals surface area contributed by atoms with E-state index in [9.17, 15) is 35.8 Å². The van der Waals surface area contributed by atoms with Crippen LogP contribution in [-0.4, -0.2) is 80.6 Å². The van der Waals surface area contributed by atoms with Crippen LogP contribution in [0.4, 0.5) is 0 Å². The number of hydrogen-bond donors (Lipinski definition) is 3. The minimum atomic E-state index is -4.79. The molecular weight excluding hydrogens is 427 g/mol. The number of rotatable bonds is 6. The van der Waals surface area contributed by atoms with E-state index in [1.165, 1.54) is 0 Å². The van der Waals surface area contributed by atoms with Gasteiger partial charge in [0.05, 0.1) is 19.8 Å². The summed E-state index contributed by atoms with van der Waals surface area (Å²) in [6.45, 7) is 0. The fourth-order valence-corrected chi connectivity index (χ4v) is 3.61. The average molecular weight is 442 g/mol. The van der Waals surface area contributed by atoms with Crippen LogP contribution >= 0.6 is 0 Å². The second kappa shape index (κ2) is 8.78. The van der Waals surface area contributed by atoms with Gasteiger partial charge in [-0.2, -0.15) is 16.8 Å². The molecular formula is C15H15NaO10S2. The number of carbonyl (C=O) groups is 1. The first-order valence-corrected chi connectivity index (χ1v) is 9.87. The molecule has 0 aromatic heterocycles. The molecule has 3 N–H and O–H groups in total. The molecule has 0 aliphatic carbocycles. The van der Waals surface area contributed by atoms with Gasteiger partial charge < -0.3 is 14.6 Å². The molecule has 0 heterocycles. The number of phenolic OH excluding ortho intramolecular Hbond substituents is 1. The SMILES string of the molecule is COc1ccc(C(=O)c2cc(S(=O)(=O)O)c(OC)cc2O)cc1S(=O)(=O)O.[NaH]. The second-order valence-corrected chi connectivity index (χ2v) is 7.95. The molecule has 0 bridgehead atoms. The summed E-state index contributed by atoms with van der Waals surface area (Å²) in [5.74, 6) is -2.28. The molecule has 2 aromatic rings. The van der Waals surface area contributed by atoms with Gasteiger partial charge in [-0.25, -0.2) is 0 Å². The van der Waals surface area contributed by atoms with Crippen molar-refractivity contribution in [1.82, 2.24) is 0 Å². The third-order valence-corrected chi connectivity index (χ3v) is 5.26. The van der Waals surface area contributed by atoms with Crippen LogP contribution < -0.4 is 9.47 Å². The first kappa shape index (κ1) is 24.4. The van der Waals surface area contributed by atoms with E-state index in [-0.39, 0.29) is 40.9 Å². The van der Waals surface area contributed by atoms with Crippen molar-refractivity contribution < 1.29 is 45.3 Å². The van der Waals surface area contributed by atoms with E-state index < -0.39 is 52.9 Å². The van der Waals surface area contributed by atoms with Crippen LogP contribution in [0.5, 0.6) is 17.2 Å². The molecule has 10 nitrogen and oxygen atoms in total. The van der Waals surface area contributed by atoms with Crippen molar-refractivity contribution in [3.8, 4) is 17.2 Å². The second-order valence-electron chi connectivity index (χ2n) is 5.17. The van der Waals surface area contributed by atoms with Gasteiger partial charge in [0.1, 0.15) is 27.0 Å². The Morgan fingerprint density at radius 3 is 1.82 bits per heavy atom. The van der Waals surface area contributed by atoms with Gasteiger partial charge in [-0.3, -0.25) is 13.9 Å². The van der Waals surface area contributed by atoms with Gasteiger partial charge in [-0.05, 0) is 24.3 Å². The number of carbonyl (C=O) groups excluding carboxylic acids is 1. The third kappa shape index (κ3) is 5.03. The van der Waals surface area contributed by atoms with Gasteiger partial charge in [-0.15, -0.1) is 0 Å². The number of phenols is 1. The Hall–Kier alpha value is -1.67. The Labute approximate surface area is 182 Å². The van der Waals surface area contributed by atoms with Crippen molar-refractivity contribution in [2.24, 2.45) is 0 Å². The van der Waals surface area contributed by atoms with Gasteiger partial charge >= 0.3 is 29.6 Å². The average Bonchev–Trinajstić information content (AvgIpc) is 2.58. The Kier molecular flexibility index (Phi) is 7.64. The maximum atomic E-state index is 12.6. The molecule has 13 heteroatoms. The van der Waals surface area contributed by atoms with Crippen molar-refractivity contribution in [2.75, 3.05) is 14.2 Å². The predicted octanol–water partition coefficient (Wildman–Crippen LogP) is 0.485. The molecule has 2 rings (SSSR count). The quantitative estimate of drug-likeness (QED) is 0.326. The standard InChI is InChI=1S/C15H14O10S2.Na.H/c1-24-11-4-3-8(5-13(11)26(18,19)20)15(17)9-6-14(27(21,22)23)12(25-2)7-10(9)16;;/h3-7,16H,1-2H3,(H,18,19,20)(H,21,22,23);;. The van der Waals surface area contributed by atoms with Crippen LogP contribution in [0.2, 0.25) is 0 Å². The van der Waals surface area contributed by atoms with Crippen molar-refractivity contribution in [1.29, 1.82) is 0 Å². The van der Waals surface area contributed by atoms with Crippen molar-refractivity contribution in [3.05, 3.63) is 41.5 Å². The Bertz CT molecular complexity index is 1120. The first-order chi connectivity index (χ1) is 12.4. The number of aromatic hydroxyl groups is 1. The topological polar surface area (TPSA) is 164 Å². The van der Waals surface area contributed by atoms with E-state index in [0.717, 1.165) is 38.5 Å².